The summed E-state index contributed by atoms with van der Waals surface area (Å²) in [6, 6.07) is 32.3. The largest absolute Gasteiger partial charge is 0.497 e. The second kappa shape index (κ2) is 12.6. The Balaban J connectivity index is 1.16. The summed E-state index contributed by atoms with van der Waals surface area (Å²) in [6.45, 7) is 8.70. The van der Waals surface area contributed by atoms with Crippen LogP contribution in [0.15, 0.2) is 103 Å². The molecule has 5 aromatic rings. The highest BCUT2D eigenvalue weighted by atomic mass is 16.7. The van der Waals surface area contributed by atoms with Crippen LogP contribution in [-0.4, -0.2) is 38.5 Å². The van der Waals surface area contributed by atoms with Gasteiger partial charge in [0.1, 0.15) is 47.7 Å². The van der Waals surface area contributed by atoms with Crippen LogP contribution in [0.2, 0.25) is 0 Å². The third kappa shape index (κ3) is 5.72. The molecule has 3 aliphatic heterocycles. The molecule has 0 unspecified atom stereocenters. The van der Waals surface area contributed by atoms with Crippen molar-refractivity contribution in [1.82, 2.24) is 0 Å². The molecule has 3 heterocycles. The maximum absolute atomic E-state index is 13.9. The third-order valence-electron chi connectivity index (χ3n) is 10.4. The normalized spacial score (nSPS) is 17.0. The van der Waals surface area contributed by atoms with E-state index in [1.54, 1.807) is 14.2 Å². The number of methoxy groups -OCH3 is 2. The first-order chi connectivity index (χ1) is 25.0. The molecule has 264 valence electrons. The molecular formula is C42H39BO9. The van der Waals surface area contributed by atoms with Crippen LogP contribution in [0.3, 0.4) is 0 Å². The Kier molecular flexibility index (Phi) is 8.19. The molecule has 10 heteroatoms. The average Bonchev–Trinajstić information content (AvgIpc) is 3.56. The third-order valence-corrected chi connectivity index (χ3v) is 10.4. The molecule has 1 fully saturated rings. The topological polar surface area (TPSA) is 90.9 Å². The number of fused-ring (bicyclic) bond motifs is 6. The van der Waals surface area contributed by atoms with Crippen molar-refractivity contribution < 1.29 is 42.5 Å². The molecule has 0 saturated carbocycles. The van der Waals surface area contributed by atoms with Crippen LogP contribution in [0.5, 0.6) is 34.5 Å². The van der Waals surface area contributed by atoms with Crippen molar-refractivity contribution in [3.8, 4) is 34.5 Å². The van der Waals surface area contributed by atoms with Gasteiger partial charge in [-0.1, -0.05) is 36.4 Å². The lowest BCUT2D eigenvalue weighted by Gasteiger charge is -2.36. The molecule has 9 nitrogen and oxygen atoms in total. The zero-order chi connectivity index (χ0) is 36.3. The van der Waals surface area contributed by atoms with Gasteiger partial charge in [0.05, 0.1) is 31.0 Å². The summed E-state index contributed by atoms with van der Waals surface area (Å²) in [5, 5.41) is 0. The van der Waals surface area contributed by atoms with Gasteiger partial charge in [-0.3, -0.25) is 0 Å². The van der Waals surface area contributed by atoms with Gasteiger partial charge in [-0.15, -0.1) is 0 Å². The lowest BCUT2D eigenvalue weighted by molar-refractivity contribution is 0.00578. The van der Waals surface area contributed by atoms with Crippen molar-refractivity contribution in [2.24, 2.45) is 0 Å². The fraction of sp³-hybridized carbons (Fsp3) is 0.262. The molecular weight excluding hydrogens is 659 g/mol. The Bertz CT molecular complexity index is 2040. The molecule has 8 rings (SSSR count). The van der Waals surface area contributed by atoms with Crippen LogP contribution < -0.4 is 29.1 Å². The van der Waals surface area contributed by atoms with Crippen LogP contribution >= 0.6 is 0 Å². The molecule has 0 amide bonds. The van der Waals surface area contributed by atoms with Gasteiger partial charge in [-0.2, -0.15) is 0 Å². The molecule has 0 aliphatic carbocycles. The maximum atomic E-state index is 13.9. The van der Waals surface area contributed by atoms with E-state index < -0.39 is 29.9 Å². The Morgan fingerprint density at radius 1 is 0.577 bits per heavy atom. The van der Waals surface area contributed by atoms with E-state index in [2.05, 4.69) is 0 Å². The Morgan fingerprint density at radius 2 is 1.04 bits per heavy atom. The molecule has 0 bridgehead atoms. The minimum atomic E-state index is -1.28. The van der Waals surface area contributed by atoms with Gasteiger partial charge in [0, 0.05) is 28.8 Å². The number of ether oxygens (including phenoxy) is 6. The van der Waals surface area contributed by atoms with E-state index >= 15 is 0 Å². The fourth-order valence-electron chi connectivity index (χ4n) is 6.79. The highest BCUT2D eigenvalue weighted by Crippen LogP contribution is 2.57. The standard InChI is InChI=1S/C42H39BO9/c1-40(2)41(3,4)52-43(51-40)28-11-18-34-33(21-28)39(44)50-42(34)35-19-16-31(47-24-26-7-12-29(45-5)13-8-26)22-37(35)49-38-23-32(17-20-36(38)42)48-25-27-9-14-30(46-6)15-10-27/h7-23H,24-25H2,1-6H3. The Hall–Kier alpha value is -5.45. The van der Waals surface area contributed by atoms with Crippen LogP contribution in [0.1, 0.15) is 65.9 Å². The zero-order valence-electron chi connectivity index (χ0n) is 30.0. The summed E-state index contributed by atoms with van der Waals surface area (Å²) in [4.78, 5) is 13.9. The molecule has 3 aliphatic rings. The van der Waals surface area contributed by atoms with Crippen LogP contribution in [0, 0.1) is 0 Å². The fourth-order valence-corrected chi connectivity index (χ4v) is 6.79. The average molecular weight is 699 g/mol. The quantitative estimate of drug-likeness (QED) is 0.113. The number of carbonyl (C=O) groups is 1. The van der Waals surface area contributed by atoms with Gasteiger partial charge < -0.3 is 37.7 Å². The summed E-state index contributed by atoms with van der Waals surface area (Å²) in [5.74, 6) is 3.30. The number of carbonyl (C=O) groups excluding carboxylic acids is 1. The molecule has 1 saturated heterocycles. The minimum absolute atomic E-state index is 0.341. The second-order valence-corrected chi connectivity index (χ2v) is 14.2. The van der Waals surface area contributed by atoms with E-state index in [0.717, 1.165) is 28.1 Å². The summed E-state index contributed by atoms with van der Waals surface area (Å²) < 4.78 is 48.7. The summed E-state index contributed by atoms with van der Waals surface area (Å²) >= 11 is 0. The van der Waals surface area contributed by atoms with E-state index in [4.69, 9.17) is 37.7 Å². The van der Waals surface area contributed by atoms with Gasteiger partial charge in [0.25, 0.3) is 0 Å². The SMILES string of the molecule is COc1ccc(COc2ccc3c(c2)Oc2cc(OCc4ccc(OC)cc4)ccc2C32OC(=O)c3cc(B4OC(C)(C)C(C)(C)O4)ccc32)cc1. The number of rotatable bonds is 9. The summed E-state index contributed by atoms with van der Waals surface area (Å²) in [5.41, 5.74) is 2.85. The lowest BCUT2D eigenvalue weighted by atomic mass is 9.73. The molecule has 0 N–H and O–H groups in total. The predicted molar refractivity (Wildman–Crippen MR) is 195 cm³/mol. The summed E-state index contributed by atoms with van der Waals surface area (Å²) in [7, 11) is 2.64. The highest BCUT2D eigenvalue weighted by Gasteiger charge is 2.55. The first-order valence-corrected chi connectivity index (χ1v) is 17.2. The van der Waals surface area contributed by atoms with Gasteiger partial charge >= 0.3 is 13.1 Å². The molecule has 0 atom stereocenters. The van der Waals surface area contributed by atoms with E-state index in [-0.39, 0.29) is 0 Å². The van der Waals surface area contributed by atoms with Crippen molar-refractivity contribution in [2.75, 3.05) is 14.2 Å². The minimum Gasteiger partial charge on any atom is -0.497 e. The number of benzene rings is 5. The van der Waals surface area contributed by atoms with E-state index in [1.165, 1.54) is 0 Å². The molecule has 52 heavy (non-hydrogen) atoms. The van der Waals surface area contributed by atoms with Crippen molar-refractivity contribution in [3.05, 3.63) is 137 Å². The monoisotopic (exact) mass is 698 g/mol. The van der Waals surface area contributed by atoms with E-state index in [0.29, 0.717) is 58.5 Å². The van der Waals surface area contributed by atoms with E-state index in [1.807, 2.05) is 131 Å². The first-order valence-electron chi connectivity index (χ1n) is 17.2. The van der Waals surface area contributed by atoms with Crippen molar-refractivity contribution >= 4 is 18.6 Å². The predicted octanol–water partition coefficient (Wildman–Crippen LogP) is 7.73. The lowest BCUT2D eigenvalue weighted by Crippen LogP contribution is -2.41. The molecule has 5 aromatic carbocycles. The van der Waals surface area contributed by atoms with E-state index in [9.17, 15) is 4.79 Å². The second-order valence-electron chi connectivity index (χ2n) is 14.2. The number of esters is 1. The highest BCUT2D eigenvalue weighted by molar-refractivity contribution is 6.62. The Morgan fingerprint density at radius 3 is 1.52 bits per heavy atom. The van der Waals surface area contributed by atoms with Gasteiger partial charge in [0.2, 0.25) is 0 Å². The first kappa shape index (κ1) is 33.7. The van der Waals surface area contributed by atoms with Crippen LogP contribution in [0.25, 0.3) is 0 Å². The van der Waals surface area contributed by atoms with Gasteiger partial charge in [-0.25, -0.2) is 4.79 Å². The maximum Gasteiger partial charge on any atom is 0.494 e. The van der Waals surface area contributed by atoms with Crippen molar-refractivity contribution in [3.63, 3.8) is 0 Å². The Labute approximate surface area is 303 Å². The number of hydrogen-bond donors (Lipinski definition) is 0. The van der Waals surface area contributed by atoms with Crippen LogP contribution in [-0.2, 0) is 32.9 Å². The van der Waals surface area contributed by atoms with Crippen molar-refractivity contribution in [1.29, 1.82) is 0 Å². The zero-order valence-corrected chi connectivity index (χ0v) is 30.0. The molecule has 1 spiro atoms. The van der Waals surface area contributed by atoms with Gasteiger partial charge in [0.15, 0.2) is 5.60 Å². The van der Waals surface area contributed by atoms with Gasteiger partial charge in [-0.05, 0) is 98.9 Å². The molecule has 0 radical (unpaired) electrons. The number of hydrogen-bond acceptors (Lipinski definition) is 9. The van der Waals surface area contributed by atoms with Crippen molar-refractivity contribution in [2.45, 2.75) is 57.7 Å². The molecule has 0 aromatic heterocycles. The van der Waals surface area contributed by atoms with Crippen LogP contribution in [0.4, 0.5) is 0 Å². The smallest absolute Gasteiger partial charge is 0.494 e. The summed E-state index contributed by atoms with van der Waals surface area (Å²) in [6.07, 6.45) is 0.